The van der Waals surface area contributed by atoms with Crippen LogP contribution in [0.2, 0.25) is 0 Å². The van der Waals surface area contributed by atoms with Crippen LogP contribution < -0.4 is 11.1 Å². The van der Waals surface area contributed by atoms with Crippen LogP contribution in [0.25, 0.3) is 11.5 Å². The maximum atomic E-state index is 11.8. The second kappa shape index (κ2) is 7.39. The van der Waals surface area contributed by atoms with Crippen LogP contribution >= 0.6 is 0 Å². The summed E-state index contributed by atoms with van der Waals surface area (Å²) >= 11 is 0. The third-order valence-electron chi connectivity index (χ3n) is 2.93. The van der Waals surface area contributed by atoms with E-state index < -0.39 is 30.3 Å². The van der Waals surface area contributed by atoms with Gasteiger partial charge in [-0.3, -0.25) is 9.59 Å². The van der Waals surface area contributed by atoms with Gasteiger partial charge >= 0.3 is 11.7 Å². The van der Waals surface area contributed by atoms with Crippen LogP contribution in [0.5, 0.6) is 0 Å². The molecule has 122 valence electrons. The third kappa shape index (κ3) is 4.29. The van der Waals surface area contributed by atoms with Crippen molar-refractivity contribution in [3.8, 4) is 11.5 Å². The molecule has 1 amide bonds. The van der Waals surface area contributed by atoms with Crippen molar-refractivity contribution in [3.63, 3.8) is 0 Å². The van der Waals surface area contributed by atoms with Gasteiger partial charge in [0, 0.05) is 12.1 Å². The monoisotopic (exact) mass is 319 g/mol. The molecule has 1 aromatic carbocycles. The molecule has 0 saturated carbocycles. The first-order valence-electron chi connectivity index (χ1n) is 7.11. The fourth-order valence-corrected chi connectivity index (χ4v) is 1.83. The molecule has 0 spiro atoms. The molecule has 0 fully saturated rings. The van der Waals surface area contributed by atoms with Crippen molar-refractivity contribution in [2.24, 2.45) is 0 Å². The summed E-state index contributed by atoms with van der Waals surface area (Å²) in [6, 6.07) is 8.82. The van der Waals surface area contributed by atoms with Crippen LogP contribution in [-0.4, -0.2) is 34.3 Å². The number of nitrogens with one attached hydrogen (secondary N) is 1. The van der Waals surface area contributed by atoms with Crippen molar-refractivity contribution in [1.29, 1.82) is 0 Å². The minimum Gasteiger partial charge on any atom is -0.451 e. The van der Waals surface area contributed by atoms with Gasteiger partial charge in [0.2, 0.25) is 5.89 Å². The maximum absolute atomic E-state index is 11.8. The van der Waals surface area contributed by atoms with E-state index in [9.17, 15) is 14.4 Å². The number of rotatable bonds is 6. The molecule has 0 aliphatic heterocycles. The molecule has 0 aliphatic carbocycles. The van der Waals surface area contributed by atoms with Crippen LogP contribution in [0.15, 0.2) is 39.5 Å². The average Bonchev–Trinajstić information content (AvgIpc) is 2.89. The highest BCUT2D eigenvalue weighted by Gasteiger charge is 2.19. The highest BCUT2D eigenvalue weighted by Crippen LogP contribution is 2.13. The van der Waals surface area contributed by atoms with Gasteiger partial charge in [-0.25, -0.2) is 4.79 Å². The first-order chi connectivity index (χ1) is 11.0. The average molecular weight is 319 g/mol. The molecule has 0 saturated heterocycles. The summed E-state index contributed by atoms with van der Waals surface area (Å²) in [4.78, 5) is 35.0. The van der Waals surface area contributed by atoms with E-state index >= 15 is 0 Å². The molecule has 0 bridgehead atoms. The van der Waals surface area contributed by atoms with Crippen molar-refractivity contribution >= 4 is 11.9 Å². The summed E-state index contributed by atoms with van der Waals surface area (Å²) in [5.74, 6) is -1.82. The first-order valence-corrected chi connectivity index (χ1v) is 7.11. The van der Waals surface area contributed by atoms with Crippen LogP contribution in [0.4, 0.5) is 0 Å². The van der Waals surface area contributed by atoms with E-state index in [0.717, 1.165) is 4.68 Å². The van der Waals surface area contributed by atoms with E-state index in [1.165, 1.54) is 6.92 Å². The molecule has 2 aromatic rings. The molecule has 1 N–H and O–H groups in total. The zero-order chi connectivity index (χ0) is 16.8. The highest BCUT2D eigenvalue weighted by molar-refractivity contribution is 5.83. The second-order valence-corrected chi connectivity index (χ2v) is 4.72. The van der Waals surface area contributed by atoms with Crippen molar-refractivity contribution in [2.45, 2.75) is 26.5 Å². The Morgan fingerprint density at radius 1 is 1.35 bits per heavy atom. The van der Waals surface area contributed by atoms with Gasteiger partial charge in [0.05, 0.1) is 0 Å². The number of amides is 1. The molecular formula is C15H17N3O5. The molecule has 1 atom stereocenters. The first kappa shape index (κ1) is 16.5. The Balaban J connectivity index is 2.03. The molecule has 8 heteroatoms. The van der Waals surface area contributed by atoms with Gasteiger partial charge in [0.15, 0.2) is 6.10 Å². The van der Waals surface area contributed by atoms with Gasteiger partial charge in [-0.15, -0.1) is 5.10 Å². The molecule has 2 rings (SSSR count). The van der Waals surface area contributed by atoms with Crippen LogP contribution in [0, 0.1) is 0 Å². The van der Waals surface area contributed by atoms with Gasteiger partial charge in [0.1, 0.15) is 6.54 Å². The van der Waals surface area contributed by atoms with Gasteiger partial charge < -0.3 is 14.5 Å². The van der Waals surface area contributed by atoms with Gasteiger partial charge in [-0.05, 0) is 26.0 Å². The lowest BCUT2D eigenvalue weighted by molar-refractivity contribution is -0.155. The molecule has 0 radical (unpaired) electrons. The summed E-state index contributed by atoms with van der Waals surface area (Å²) in [5, 5.41) is 6.48. The SMILES string of the molecule is CCNC(=O)[C@@H](C)OC(=O)Cn1nc(-c2ccccc2)oc1=O. The summed E-state index contributed by atoms with van der Waals surface area (Å²) in [7, 11) is 0. The van der Waals surface area contributed by atoms with Crippen LogP contribution in [-0.2, 0) is 20.9 Å². The number of hydrogen-bond donors (Lipinski definition) is 1. The highest BCUT2D eigenvalue weighted by atomic mass is 16.5. The topological polar surface area (TPSA) is 103 Å². The lowest BCUT2D eigenvalue weighted by atomic mass is 10.2. The van der Waals surface area contributed by atoms with Crippen LogP contribution in [0.3, 0.4) is 0 Å². The van der Waals surface area contributed by atoms with Crippen molar-refractivity contribution in [2.75, 3.05) is 6.54 Å². The zero-order valence-electron chi connectivity index (χ0n) is 12.8. The Bertz CT molecular complexity index is 735. The minimum absolute atomic E-state index is 0.111. The fraction of sp³-hybridized carbons (Fsp3) is 0.333. The van der Waals surface area contributed by atoms with Gasteiger partial charge in [0.25, 0.3) is 5.91 Å². The lowest BCUT2D eigenvalue weighted by Crippen LogP contribution is -2.36. The smallest absolute Gasteiger partial charge is 0.437 e. The largest absolute Gasteiger partial charge is 0.451 e. The van der Waals surface area contributed by atoms with Gasteiger partial charge in [-0.1, -0.05) is 18.2 Å². The lowest BCUT2D eigenvalue weighted by Gasteiger charge is -2.12. The number of hydrogen-bond acceptors (Lipinski definition) is 6. The molecule has 0 unspecified atom stereocenters. The standard InChI is InChI=1S/C15H17N3O5/c1-3-16-13(20)10(2)22-12(19)9-18-15(21)23-14(17-18)11-7-5-4-6-8-11/h4-8,10H,3,9H2,1-2H3,(H,16,20)/t10-/m1/s1. The van der Waals surface area contributed by atoms with Gasteiger partial charge in [-0.2, -0.15) is 4.68 Å². The van der Waals surface area contributed by atoms with Crippen molar-refractivity contribution in [1.82, 2.24) is 15.1 Å². The number of carbonyl (C=O) groups is 2. The molecular weight excluding hydrogens is 302 g/mol. The molecule has 0 aliphatic rings. The number of nitrogens with zero attached hydrogens (tertiary/aromatic N) is 2. The molecule has 1 heterocycles. The summed E-state index contributed by atoms with van der Waals surface area (Å²) < 4.78 is 10.8. The maximum Gasteiger partial charge on any atom is 0.437 e. The van der Waals surface area contributed by atoms with E-state index in [1.807, 2.05) is 6.07 Å². The van der Waals surface area contributed by atoms with Crippen molar-refractivity contribution in [3.05, 3.63) is 40.9 Å². The predicted octanol–water partition coefficient (Wildman–Crippen LogP) is 0.571. The molecule has 1 aromatic heterocycles. The minimum atomic E-state index is -0.946. The Morgan fingerprint density at radius 3 is 2.70 bits per heavy atom. The summed E-state index contributed by atoms with van der Waals surface area (Å²) in [5.41, 5.74) is 0.618. The molecule has 23 heavy (non-hydrogen) atoms. The summed E-state index contributed by atoms with van der Waals surface area (Å²) in [6.07, 6.45) is -0.946. The van der Waals surface area contributed by atoms with E-state index in [4.69, 9.17) is 9.15 Å². The number of carbonyl (C=O) groups excluding carboxylic acids is 2. The fourth-order valence-electron chi connectivity index (χ4n) is 1.83. The number of ether oxygens (including phenoxy) is 1. The number of aromatic nitrogens is 2. The Labute approximate surface area is 132 Å². The second-order valence-electron chi connectivity index (χ2n) is 4.72. The number of benzene rings is 1. The normalized spacial score (nSPS) is 11.7. The van der Waals surface area contributed by atoms with E-state index in [1.54, 1.807) is 31.2 Å². The Kier molecular flexibility index (Phi) is 5.29. The van der Waals surface area contributed by atoms with Crippen LogP contribution in [0.1, 0.15) is 13.8 Å². The number of likely N-dealkylation sites (N-methyl/N-ethyl adjacent to an activating group) is 1. The van der Waals surface area contributed by atoms with E-state index in [0.29, 0.717) is 12.1 Å². The van der Waals surface area contributed by atoms with E-state index in [2.05, 4.69) is 10.4 Å². The predicted molar refractivity (Wildman–Crippen MR) is 80.4 cm³/mol. The summed E-state index contributed by atoms with van der Waals surface area (Å²) in [6.45, 7) is 3.21. The third-order valence-corrected chi connectivity index (χ3v) is 2.93. The van der Waals surface area contributed by atoms with E-state index in [-0.39, 0.29) is 5.89 Å². The van der Waals surface area contributed by atoms with Crippen molar-refractivity contribution < 1.29 is 18.7 Å². The number of esters is 1. The molecule has 8 nitrogen and oxygen atoms in total. The Hall–Kier alpha value is -2.90. The quantitative estimate of drug-likeness (QED) is 0.781. The Morgan fingerprint density at radius 2 is 2.04 bits per heavy atom. The zero-order valence-corrected chi connectivity index (χ0v) is 12.8.